The molecule has 1 saturated carbocycles. The number of halogens is 1. The van der Waals surface area contributed by atoms with Gasteiger partial charge in [-0.3, -0.25) is 0 Å². The lowest BCUT2D eigenvalue weighted by Crippen LogP contribution is -2.25. The van der Waals surface area contributed by atoms with Crippen LogP contribution in [0.4, 0.5) is 0 Å². The van der Waals surface area contributed by atoms with Crippen molar-refractivity contribution in [2.45, 2.75) is 43.9 Å². The minimum Gasteiger partial charge on any atom is -0.497 e. The third-order valence-electron chi connectivity index (χ3n) is 4.02. The first kappa shape index (κ1) is 12.9. The molecule has 0 amide bonds. The third-order valence-corrected chi connectivity index (χ3v) is 5.65. The second-order valence-electron chi connectivity index (χ2n) is 5.35. The molecule has 2 heteroatoms. The van der Waals surface area contributed by atoms with E-state index in [9.17, 15) is 0 Å². The summed E-state index contributed by atoms with van der Waals surface area (Å²) < 4.78 is 5.20. The lowest BCUT2D eigenvalue weighted by molar-refractivity contribution is 0.213. The highest BCUT2D eigenvalue weighted by atomic mass is 79.9. The molecule has 1 unspecified atom stereocenters. The van der Waals surface area contributed by atoms with Gasteiger partial charge in [0, 0.05) is 4.83 Å². The van der Waals surface area contributed by atoms with Gasteiger partial charge in [-0.2, -0.15) is 0 Å². The average molecular weight is 297 g/mol. The molecule has 0 N–H and O–H groups in total. The van der Waals surface area contributed by atoms with E-state index in [4.69, 9.17) is 4.74 Å². The summed E-state index contributed by atoms with van der Waals surface area (Å²) in [5, 5.41) is 0. The predicted molar refractivity (Wildman–Crippen MR) is 75.9 cm³/mol. The molecule has 1 atom stereocenters. The molecule has 1 aliphatic rings. The fraction of sp³-hybridized carbons (Fsp3) is 0.600. The predicted octanol–water partition coefficient (Wildman–Crippen LogP) is 5.10. The van der Waals surface area contributed by atoms with Crippen LogP contribution in [0, 0.1) is 5.41 Å². The number of hydrogen-bond acceptors (Lipinski definition) is 1. The van der Waals surface area contributed by atoms with E-state index in [-0.39, 0.29) is 0 Å². The maximum absolute atomic E-state index is 5.20. The van der Waals surface area contributed by atoms with Crippen LogP contribution in [0.25, 0.3) is 0 Å². The molecule has 0 aromatic heterocycles. The van der Waals surface area contributed by atoms with E-state index >= 15 is 0 Å². The van der Waals surface area contributed by atoms with E-state index in [0.29, 0.717) is 10.2 Å². The Hall–Kier alpha value is -0.500. The van der Waals surface area contributed by atoms with Crippen LogP contribution in [0.2, 0.25) is 0 Å². The van der Waals surface area contributed by atoms with Gasteiger partial charge in [0.05, 0.1) is 7.11 Å². The Morgan fingerprint density at radius 2 is 1.71 bits per heavy atom. The molecule has 94 valence electrons. The van der Waals surface area contributed by atoms with Crippen LogP contribution >= 0.6 is 15.9 Å². The van der Waals surface area contributed by atoms with Gasteiger partial charge in [0.25, 0.3) is 0 Å². The first-order chi connectivity index (χ1) is 8.15. The van der Waals surface area contributed by atoms with Crippen LogP contribution in [-0.4, -0.2) is 7.11 Å². The molecule has 0 aliphatic heterocycles. The lowest BCUT2D eigenvalue weighted by atomic mass is 9.72. The first-order valence-electron chi connectivity index (χ1n) is 6.44. The standard InChI is InChI=1S/C15H21BrO/c1-15(10-4-3-5-11-15)14(16)12-6-8-13(17-2)9-7-12/h6-9,14H,3-5,10-11H2,1-2H3. The van der Waals surface area contributed by atoms with Crippen LogP contribution in [0.5, 0.6) is 5.75 Å². The normalized spacial score (nSPS) is 20.9. The number of benzene rings is 1. The highest BCUT2D eigenvalue weighted by Gasteiger charge is 2.34. The van der Waals surface area contributed by atoms with Gasteiger partial charge in [0.15, 0.2) is 0 Å². The van der Waals surface area contributed by atoms with Gasteiger partial charge in [-0.05, 0) is 36.0 Å². The van der Waals surface area contributed by atoms with Crippen molar-refractivity contribution in [3.63, 3.8) is 0 Å². The van der Waals surface area contributed by atoms with Gasteiger partial charge in [-0.25, -0.2) is 0 Å². The van der Waals surface area contributed by atoms with Crippen molar-refractivity contribution in [2.24, 2.45) is 5.41 Å². The van der Waals surface area contributed by atoms with Crippen LogP contribution in [0.15, 0.2) is 24.3 Å². The number of ether oxygens (including phenoxy) is 1. The molecule has 0 heterocycles. The second-order valence-corrected chi connectivity index (χ2v) is 6.27. The van der Waals surface area contributed by atoms with Gasteiger partial charge in [0.2, 0.25) is 0 Å². The monoisotopic (exact) mass is 296 g/mol. The molecule has 0 saturated heterocycles. The summed E-state index contributed by atoms with van der Waals surface area (Å²) >= 11 is 3.91. The summed E-state index contributed by atoms with van der Waals surface area (Å²) in [5.41, 5.74) is 1.78. The molecule has 1 nitrogen and oxygen atoms in total. The van der Waals surface area contributed by atoms with E-state index in [2.05, 4.69) is 47.1 Å². The number of hydrogen-bond donors (Lipinski definition) is 0. The smallest absolute Gasteiger partial charge is 0.118 e. The molecular weight excluding hydrogens is 276 g/mol. The van der Waals surface area contributed by atoms with Crippen molar-refractivity contribution in [3.8, 4) is 5.75 Å². The van der Waals surface area contributed by atoms with Crippen molar-refractivity contribution >= 4 is 15.9 Å². The number of alkyl halides is 1. The largest absolute Gasteiger partial charge is 0.497 e. The third kappa shape index (κ3) is 2.85. The number of rotatable bonds is 3. The molecule has 17 heavy (non-hydrogen) atoms. The Morgan fingerprint density at radius 3 is 2.24 bits per heavy atom. The summed E-state index contributed by atoms with van der Waals surface area (Å²) in [5.74, 6) is 0.933. The molecule has 2 rings (SSSR count). The fourth-order valence-corrected chi connectivity index (χ4v) is 3.55. The van der Waals surface area contributed by atoms with E-state index in [1.807, 2.05) is 0 Å². The Labute approximate surface area is 113 Å². The molecule has 0 radical (unpaired) electrons. The van der Waals surface area contributed by atoms with Crippen molar-refractivity contribution < 1.29 is 4.74 Å². The molecule has 1 aromatic carbocycles. The van der Waals surface area contributed by atoms with E-state index < -0.39 is 0 Å². The fourth-order valence-electron chi connectivity index (χ4n) is 2.79. The van der Waals surface area contributed by atoms with Crippen LogP contribution in [0.3, 0.4) is 0 Å². The van der Waals surface area contributed by atoms with Gasteiger partial charge >= 0.3 is 0 Å². The maximum atomic E-state index is 5.20. The van der Waals surface area contributed by atoms with Crippen molar-refractivity contribution in [3.05, 3.63) is 29.8 Å². The highest BCUT2D eigenvalue weighted by Crippen LogP contribution is 2.50. The van der Waals surface area contributed by atoms with Gasteiger partial charge < -0.3 is 4.74 Å². The summed E-state index contributed by atoms with van der Waals surface area (Å²) in [6, 6.07) is 8.46. The summed E-state index contributed by atoms with van der Waals surface area (Å²) in [4.78, 5) is 0.459. The summed E-state index contributed by atoms with van der Waals surface area (Å²) in [7, 11) is 1.71. The Bertz CT molecular complexity index is 352. The van der Waals surface area contributed by atoms with Gasteiger partial charge in [-0.1, -0.05) is 54.2 Å². The minimum absolute atomic E-state index is 0.410. The lowest BCUT2D eigenvalue weighted by Gasteiger charge is -2.38. The molecule has 0 bridgehead atoms. The zero-order valence-corrected chi connectivity index (χ0v) is 12.3. The Balaban J connectivity index is 2.14. The summed E-state index contributed by atoms with van der Waals surface area (Å²) in [6.45, 7) is 2.41. The minimum atomic E-state index is 0.410. The molecule has 1 aliphatic carbocycles. The van der Waals surface area contributed by atoms with Crippen molar-refractivity contribution in [1.29, 1.82) is 0 Å². The van der Waals surface area contributed by atoms with Crippen LogP contribution < -0.4 is 4.74 Å². The summed E-state index contributed by atoms with van der Waals surface area (Å²) in [6.07, 6.45) is 6.80. The molecular formula is C15H21BrO. The molecule has 1 aromatic rings. The van der Waals surface area contributed by atoms with Crippen LogP contribution in [0.1, 0.15) is 49.4 Å². The van der Waals surface area contributed by atoms with Gasteiger partial charge in [0.1, 0.15) is 5.75 Å². The molecule has 0 spiro atoms. The highest BCUT2D eigenvalue weighted by molar-refractivity contribution is 9.09. The van der Waals surface area contributed by atoms with Crippen molar-refractivity contribution in [1.82, 2.24) is 0 Å². The average Bonchev–Trinajstić information content (AvgIpc) is 2.39. The first-order valence-corrected chi connectivity index (χ1v) is 7.35. The SMILES string of the molecule is COc1ccc(C(Br)C2(C)CCCCC2)cc1. The Kier molecular flexibility index (Phi) is 4.13. The van der Waals surface area contributed by atoms with Crippen LogP contribution in [-0.2, 0) is 0 Å². The Morgan fingerprint density at radius 1 is 1.12 bits per heavy atom. The van der Waals surface area contributed by atoms with E-state index in [1.54, 1.807) is 7.11 Å². The van der Waals surface area contributed by atoms with E-state index in [1.165, 1.54) is 37.7 Å². The molecule has 1 fully saturated rings. The quantitative estimate of drug-likeness (QED) is 0.705. The zero-order chi connectivity index (χ0) is 12.3. The number of methoxy groups -OCH3 is 1. The topological polar surface area (TPSA) is 9.23 Å². The van der Waals surface area contributed by atoms with Gasteiger partial charge in [-0.15, -0.1) is 0 Å². The van der Waals surface area contributed by atoms with E-state index in [0.717, 1.165) is 5.75 Å². The second kappa shape index (κ2) is 5.43. The maximum Gasteiger partial charge on any atom is 0.118 e. The zero-order valence-electron chi connectivity index (χ0n) is 10.7. The van der Waals surface area contributed by atoms with Crippen molar-refractivity contribution in [2.75, 3.05) is 7.11 Å².